The Bertz CT molecular complexity index is 795. The van der Waals surface area contributed by atoms with Gasteiger partial charge in [-0.1, -0.05) is 17.3 Å². The topological polar surface area (TPSA) is 83.0 Å². The van der Waals surface area contributed by atoms with Crippen molar-refractivity contribution in [1.82, 2.24) is 19.9 Å². The third-order valence-corrected chi connectivity index (χ3v) is 3.22. The van der Waals surface area contributed by atoms with E-state index in [-0.39, 0.29) is 6.10 Å². The molecule has 0 bridgehead atoms. The average Bonchev–Trinajstić information content (AvgIpc) is 3.18. The van der Waals surface area contributed by atoms with Crippen LogP contribution < -0.4 is 0 Å². The smallest absolute Gasteiger partial charge is 0.339 e. The Hall–Kier alpha value is -2.96. The van der Waals surface area contributed by atoms with Gasteiger partial charge in [-0.3, -0.25) is 4.68 Å². The lowest BCUT2D eigenvalue weighted by Gasteiger charge is -2.14. The number of aromatic nitrogens is 4. The second kappa shape index (κ2) is 6.43. The lowest BCUT2D eigenvalue weighted by Crippen LogP contribution is -2.21. The zero-order valence-corrected chi connectivity index (χ0v) is 12.8. The fourth-order valence-electron chi connectivity index (χ4n) is 2.21. The molecule has 1 atom stereocenters. The number of aryl methyl sites for hydroxylation is 1. The number of carbonyl (C=O) groups excluding carboxylic acids is 1. The predicted molar refractivity (Wildman–Crippen MR) is 81.6 cm³/mol. The number of esters is 1. The van der Waals surface area contributed by atoms with Gasteiger partial charge in [0.1, 0.15) is 6.10 Å². The van der Waals surface area contributed by atoms with Crippen LogP contribution in [0.15, 0.2) is 47.2 Å². The Morgan fingerprint density at radius 2 is 2.17 bits per heavy atom. The molecule has 3 aromatic rings. The Morgan fingerprint density at radius 3 is 2.87 bits per heavy atom. The van der Waals surface area contributed by atoms with Gasteiger partial charge in [-0.2, -0.15) is 10.1 Å². The Morgan fingerprint density at radius 1 is 1.35 bits per heavy atom. The summed E-state index contributed by atoms with van der Waals surface area (Å²) in [6.45, 7) is 4.03. The molecule has 0 aliphatic carbocycles. The first-order valence-electron chi connectivity index (χ1n) is 7.21. The first-order chi connectivity index (χ1) is 11.1. The average molecular weight is 312 g/mol. The maximum Gasteiger partial charge on any atom is 0.339 e. The van der Waals surface area contributed by atoms with Crippen molar-refractivity contribution in [3.05, 3.63) is 54.1 Å². The van der Waals surface area contributed by atoms with Crippen molar-refractivity contribution in [2.75, 3.05) is 0 Å². The van der Waals surface area contributed by atoms with Crippen LogP contribution in [0.1, 0.15) is 23.1 Å². The molecule has 0 fully saturated rings. The molecule has 0 N–H and O–H groups in total. The molecule has 3 rings (SSSR count). The highest BCUT2D eigenvalue weighted by molar-refractivity contribution is 5.96. The Labute approximate surface area is 132 Å². The molecule has 23 heavy (non-hydrogen) atoms. The van der Waals surface area contributed by atoms with Crippen molar-refractivity contribution in [3.63, 3.8) is 0 Å². The number of rotatable bonds is 5. The van der Waals surface area contributed by atoms with Crippen LogP contribution in [0, 0.1) is 6.92 Å². The first kappa shape index (κ1) is 15.0. The van der Waals surface area contributed by atoms with Gasteiger partial charge in [0.15, 0.2) is 5.82 Å². The van der Waals surface area contributed by atoms with E-state index in [0.717, 1.165) is 0 Å². The highest BCUT2D eigenvalue weighted by Gasteiger charge is 2.19. The zero-order chi connectivity index (χ0) is 16.2. The minimum atomic E-state index is -0.434. The summed E-state index contributed by atoms with van der Waals surface area (Å²) in [6, 6.07) is 8.82. The molecule has 0 saturated heterocycles. The molecule has 0 saturated carbocycles. The fraction of sp³-hybridized carbons (Fsp3) is 0.250. The minimum Gasteiger partial charge on any atom is -0.457 e. The number of carbonyl (C=O) groups is 1. The molecule has 7 heteroatoms. The number of hydrogen-bond acceptors (Lipinski definition) is 6. The van der Waals surface area contributed by atoms with E-state index in [2.05, 4.69) is 15.2 Å². The van der Waals surface area contributed by atoms with Gasteiger partial charge in [-0.25, -0.2) is 4.79 Å². The van der Waals surface area contributed by atoms with Gasteiger partial charge in [0.2, 0.25) is 0 Å². The summed E-state index contributed by atoms with van der Waals surface area (Å²) < 4.78 is 12.4. The third-order valence-electron chi connectivity index (χ3n) is 3.22. The zero-order valence-electron chi connectivity index (χ0n) is 12.8. The van der Waals surface area contributed by atoms with Gasteiger partial charge in [0.25, 0.3) is 5.89 Å². The van der Waals surface area contributed by atoms with Gasteiger partial charge < -0.3 is 9.26 Å². The second-order valence-electron chi connectivity index (χ2n) is 5.14. The van der Waals surface area contributed by atoms with Crippen LogP contribution in [0.5, 0.6) is 0 Å². The van der Waals surface area contributed by atoms with Crippen molar-refractivity contribution >= 4 is 5.97 Å². The largest absolute Gasteiger partial charge is 0.457 e. The third kappa shape index (κ3) is 3.45. The summed E-state index contributed by atoms with van der Waals surface area (Å²) in [6.07, 6.45) is 3.18. The highest BCUT2D eigenvalue weighted by Crippen LogP contribution is 2.23. The van der Waals surface area contributed by atoms with Crippen molar-refractivity contribution in [3.8, 4) is 11.5 Å². The van der Waals surface area contributed by atoms with Crippen molar-refractivity contribution in [2.24, 2.45) is 0 Å². The van der Waals surface area contributed by atoms with Crippen LogP contribution in [0.2, 0.25) is 0 Å². The fourth-order valence-corrected chi connectivity index (χ4v) is 2.21. The van der Waals surface area contributed by atoms with E-state index in [1.54, 1.807) is 42.1 Å². The maximum atomic E-state index is 12.4. The summed E-state index contributed by atoms with van der Waals surface area (Å²) in [5.41, 5.74) is 0.952. The summed E-state index contributed by atoms with van der Waals surface area (Å²) in [5, 5.41) is 7.85. The van der Waals surface area contributed by atoms with Gasteiger partial charge >= 0.3 is 5.97 Å². The molecule has 0 aliphatic heterocycles. The number of benzene rings is 1. The lowest BCUT2D eigenvalue weighted by atomic mass is 10.1. The van der Waals surface area contributed by atoms with E-state index in [0.29, 0.717) is 29.4 Å². The number of nitrogens with zero attached hydrogens (tertiary/aromatic N) is 4. The molecule has 2 aromatic heterocycles. The van der Waals surface area contributed by atoms with Crippen LogP contribution in [-0.4, -0.2) is 32.0 Å². The highest BCUT2D eigenvalue weighted by atomic mass is 16.5. The Balaban J connectivity index is 1.77. The van der Waals surface area contributed by atoms with Gasteiger partial charge in [-0.05, 0) is 32.0 Å². The van der Waals surface area contributed by atoms with E-state index < -0.39 is 5.97 Å². The van der Waals surface area contributed by atoms with Crippen LogP contribution >= 0.6 is 0 Å². The first-order valence-corrected chi connectivity index (χ1v) is 7.21. The normalized spacial score (nSPS) is 12.1. The SMILES string of the molecule is Cc1noc(-c2ccccc2C(=O)OC(C)Cn2cccn2)n1. The van der Waals surface area contributed by atoms with Crippen LogP contribution in [0.3, 0.4) is 0 Å². The number of hydrogen-bond donors (Lipinski definition) is 0. The standard InChI is InChI=1S/C16H16N4O3/c1-11(10-20-9-5-8-17-20)22-16(21)14-7-4-3-6-13(14)15-18-12(2)19-23-15/h3-9,11H,10H2,1-2H3. The van der Waals surface area contributed by atoms with Crippen LogP contribution in [0.25, 0.3) is 11.5 Å². The van der Waals surface area contributed by atoms with E-state index >= 15 is 0 Å². The lowest BCUT2D eigenvalue weighted by molar-refractivity contribution is 0.0299. The van der Waals surface area contributed by atoms with E-state index in [4.69, 9.17) is 9.26 Å². The van der Waals surface area contributed by atoms with Crippen LogP contribution in [0.4, 0.5) is 0 Å². The van der Waals surface area contributed by atoms with E-state index in [1.807, 2.05) is 19.2 Å². The second-order valence-corrected chi connectivity index (χ2v) is 5.14. The van der Waals surface area contributed by atoms with Gasteiger partial charge in [-0.15, -0.1) is 0 Å². The van der Waals surface area contributed by atoms with E-state index in [9.17, 15) is 4.79 Å². The predicted octanol–water partition coefficient (Wildman–Crippen LogP) is 2.49. The molecule has 2 heterocycles. The van der Waals surface area contributed by atoms with Gasteiger partial charge in [0, 0.05) is 12.4 Å². The molecule has 1 aromatic carbocycles. The quantitative estimate of drug-likeness (QED) is 0.673. The molecule has 0 aliphatic rings. The van der Waals surface area contributed by atoms with Crippen molar-refractivity contribution in [1.29, 1.82) is 0 Å². The number of ether oxygens (including phenoxy) is 1. The summed E-state index contributed by atoms with van der Waals surface area (Å²) in [7, 11) is 0. The van der Waals surface area contributed by atoms with Crippen molar-refractivity contribution < 1.29 is 14.1 Å². The van der Waals surface area contributed by atoms with E-state index in [1.165, 1.54) is 0 Å². The molecule has 0 spiro atoms. The molecule has 118 valence electrons. The van der Waals surface area contributed by atoms with Crippen LogP contribution in [-0.2, 0) is 11.3 Å². The summed E-state index contributed by atoms with van der Waals surface area (Å²) in [5.74, 6) is 0.376. The molecule has 7 nitrogen and oxygen atoms in total. The van der Waals surface area contributed by atoms with Crippen molar-refractivity contribution in [2.45, 2.75) is 26.5 Å². The Kier molecular flexibility index (Phi) is 4.18. The monoisotopic (exact) mass is 312 g/mol. The summed E-state index contributed by atoms with van der Waals surface area (Å²) >= 11 is 0. The molecule has 0 amide bonds. The molecule has 0 radical (unpaired) electrons. The summed E-state index contributed by atoms with van der Waals surface area (Å²) in [4.78, 5) is 16.6. The molecular formula is C16H16N4O3. The van der Waals surface area contributed by atoms with Gasteiger partial charge in [0.05, 0.1) is 17.7 Å². The minimum absolute atomic E-state index is 0.301. The maximum absolute atomic E-state index is 12.4. The molecule has 1 unspecified atom stereocenters. The molecular weight excluding hydrogens is 296 g/mol.